The van der Waals surface area contributed by atoms with Gasteiger partial charge in [-0.25, -0.2) is 0 Å². The van der Waals surface area contributed by atoms with Gasteiger partial charge in [0.1, 0.15) is 0 Å². The lowest BCUT2D eigenvalue weighted by atomic mass is 10.7. The summed E-state index contributed by atoms with van der Waals surface area (Å²) in [5.41, 5.74) is 9.81. The van der Waals surface area contributed by atoms with Gasteiger partial charge in [-0.05, 0) is 0 Å². The quantitative estimate of drug-likeness (QED) is 0.319. The largest absolute Gasteiger partial charge is 0.329 e. The predicted octanol–water partition coefficient (Wildman–Crippen LogP) is -1.75. The standard InChI is InChI=1S/C2H8N2.C2H8O6P2/c3-1-2-4;3-9(4,5)1-2-10(6,7)8/h1-4H2;1-2H2,(H2,3,4,5)(H2,6,7,8). The molecule has 0 spiro atoms. The number of hydrogen-bond donors (Lipinski definition) is 6. The molecule has 8 N–H and O–H groups in total. The topological polar surface area (TPSA) is 167 Å². The summed E-state index contributed by atoms with van der Waals surface area (Å²) in [6.07, 6.45) is -1.53. The molecule has 0 aromatic rings. The van der Waals surface area contributed by atoms with Gasteiger partial charge in [-0.3, -0.25) is 9.13 Å². The van der Waals surface area contributed by atoms with Crippen molar-refractivity contribution in [3.05, 3.63) is 0 Å². The molecule has 0 bridgehead atoms. The third-order valence-corrected chi connectivity index (χ3v) is 2.81. The van der Waals surface area contributed by atoms with E-state index < -0.39 is 27.5 Å². The van der Waals surface area contributed by atoms with E-state index in [1.54, 1.807) is 0 Å². The molecule has 0 aromatic heterocycles. The molecule has 0 fully saturated rings. The second-order valence-corrected chi connectivity index (χ2v) is 5.91. The molecule has 0 heterocycles. The minimum absolute atomic E-state index is 0.597. The first-order chi connectivity index (χ1) is 6.12. The van der Waals surface area contributed by atoms with Crippen molar-refractivity contribution < 1.29 is 28.7 Å². The van der Waals surface area contributed by atoms with Gasteiger partial charge in [0.15, 0.2) is 0 Å². The maximum Gasteiger partial charge on any atom is 0.326 e. The molecular formula is C4H16N2O6P2. The maximum absolute atomic E-state index is 10.0. The Morgan fingerprint density at radius 1 is 0.786 bits per heavy atom. The van der Waals surface area contributed by atoms with Gasteiger partial charge < -0.3 is 31.0 Å². The molecule has 0 amide bonds. The van der Waals surface area contributed by atoms with Gasteiger partial charge in [-0.2, -0.15) is 0 Å². The molecule has 0 aliphatic carbocycles. The second kappa shape index (κ2) is 7.50. The van der Waals surface area contributed by atoms with Crippen LogP contribution in [0.4, 0.5) is 0 Å². The molecule has 0 saturated carbocycles. The third-order valence-electron chi connectivity index (χ3n) is 0.849. The number of nitrogens with two attached hydrogens (primary N) is 2. The first-order valence-corrected chi connectivity index (χ1v) is 7.21. The molecule has 0 radical (unpaired) electrons. The summed E-state index contributed by atoms with van der Waals surface area (Å²) in [7, 11) is -8.51. The van der Waals surface area contributed by atoms with Crippen LogP contribution in [0, 0.1) is 0 Å². The summed E-state index contributed by atoms with van der Waals surface area (Å²) in [6, 6.07) is 0. The molecule has 0 rings (SSSR count). The van der Waals surface area contributed by atoms with Crippen LogP contribution in [-0.2, 0) is 9.13 Å². The summed E-state index contributed by atoms with van der Waals surface area (Å²) < 4.78 is 20.1. The van der Waals surface area contributed by atoms with Crippen LogP contribution in [0.25, 0.3) is 0 Å². The average Bonchev–Trinajstić information content (AvgIpc) is 1.99. The predicted molar refractivity (Wildman–Crippen MR) is 51.9 cm³/mol. The zero-order chi connectivity index (χ0) is 11.8. The van der Waals surface area contributed by atoms with Crippen molar-refractivity contribution in [1.29, 1.82) is 0 Å². The highest BCUT2D eigenvalue weighted by atomic mass is 31.2. The molecule has 0 aliphatic rings. The zero-order valence-electron chi connectivity index (χ0n) is 7.48. The van der Waals surface area contributed by atoms with Crippen LogP contribution in [-0.4, -0.2) is 45.0 Å². The fraction of sp³-hybridized carbons (Fsp3) is 1.00. The van der Waals surface area contributed by atoms with E-state index in [4.69, 9.17) is 31.0 Å². The molecule has 14 heavy (non-hydrogen) atoms. The highest BCUT2D eigenvalue weighted by Crippen LogP contribution is 2.42. The van der Waals surface area contributed by atoms with E-state index in [1.807, 2.05) is 0 Å². The molecule has 10 heteroatoms. The summed E-state index contributed by atoms with van der Waals surface area (Å²) in [6.45, 7) is 1.19. The summed E-state index contributed by atoms with van der Waals surface area (Å²) >= 11 is 0. The second-order valence-electron chi connectivity index (χ2n) is 2.35. The summed E-state index contributed by atoms with van der Waals surface area (Å²) in [4.78, 5) is 32.6. The molecular weight excluding hydrogens is 234 g/mol. The average molecular weight is 250 g/mol. The molecule has 0 aromatic carbocycles. The Balaban J connectivity index is 0. The van der Waals surface area contributed by atoms with Gasteiger partial charge >= 0.3 is 15.2 Å². The van der Waals surface area contributed by atoms with E-state index in [0.29, 0.717) is 13.1 Å². The van der Waals surface area contributed by atoms with Crippen molar-refractivity contribution >= 4 is 15.2 Å². The normalized spacial score (nSPS) is 11.9. The molecule has 8 nitrogen and oxygen atoms in total. The SMILES string of the molecule is NCCN.O=P(O)(O)CCP(=O)(O)O. The Morgan fingerprint density at radius 3 is 1.07 bits per heavy atom. The first kappa shape index (κ1) is 16.6. The van der Waals surface area contributed by atoms with Crippen LogP contribution < -0.4 is 11.5 Å². The Labute approximate surface area is 81.6 Å². The van der Waals surface area contributed by atoms with Crippen molar-refractivity contribution in [2.75, 3.05) is 25.4 Å². The summed E-state index contributed by atoms with van der Waals surface area (Å²) in [5, 5.41) is 0. The van der Waals surface area contributed by atoms with Crippen LogP contribution in [0.5, 0.6) is 0 Å². The maximum atomic E-state index is 10.0. The zero-order valence-corrected chi connectivity index (χ0v) is 9.27. The van der Waals surface area contributed by atoms with Crippen molar-refractivity contribution in [2.45, 2.75) is 0 Å². The lowest BCUT2D eigenvalue weighted by Crippen LogP contribution is -2.11. The van der Waals surface area contributed by atoms with E-state index in [2.05, 4.69) is 0 Å². The van der Waals surface area contributed by atoms with Gasteiger partial charge in [0.2, 0.25) is 0 Å². The minimum atomic E-state index is -4.25. The van der Waals surface area contributed by atoms with E-state index in [0.717, 1.165) is 0 Å². The van der Waals surface area contributed by atoms with Crippen molar-refractivity contribution in [1.82, 2.24) is 0 Å². The molecule has 0 unspecified atom stereocenters. The van der Waals surface area contributed by atoms with Crippen molar-refractivity contribution in [2.24, 2.45) is 11.5 Å². The number of rotatable bonds is 4. The van der Waals surface area contributed by atoms with Crippen LogP contribution in [0.3, 0.4) is 0 Å². The highest BCUT2D eigenvalue weighted by molar-refractivity contribution is 7.56. The van der Waals surface area contributed by atoms with Crippen molar-refractivity contribution in [3.8, 4) is 0 Å². The first-order valence-electron chi connectivity index (χ1n) is 3.61. The van der Waals surface area contributed by atoms with Crippen molar-refractivity contribution in [3.63, 3.8) is 0 Å². The Kier molecular flexibility index (Phi) is 8.92. The van der Waals surface area contributed by atoms with Crippen LogP contribution in [0.2, 0.25) is 0 Å². The molecule has 0 aliphatic heterocycles. The Hall–Kier alpha value is 0.220. The Morgan fingerprint density at radius 2 is 1.00 bits per heavy atom. The Bertz CT molecular complexity index is 198. The molecule has 0 atom stereocenters. The molecule has 88 valence electrons. The monoisotopic (exact) mass is 250 g/mol. The van der Waals surface area contributed by atoms with E-state index in [1.165, 1.54) is 0 Å². The van der Waals surface area contributed by atoms with E-state index in [-0.39, 0.29) is 0 Å². The fourth-order valence-corrected chi connectivity index (χ4v) is 2.34. The van der Waals surface area contributed by atoms with Crippen LogP contribution >= 0.6 is 15.2 Å². The number of hydrogen-bond acceptors (Lipinski definition) is 4. The van der Waals surface area contributed by atoms with Gasteiger partial charge in [0, 0.05) is 13.1 Å². The highest BCUT2D eigenvalue weighted by Gasteiger charge is 2.20. The van der Waals surface area contributed by atoms with Crippen LogP contribution in [0.1, 0.15) is 0 Å². The van der Waals surface area contributed by atoms with Gasteiger partial charge in [-0.15, -0.1) is 0 Å². The van der Waals surface area contributed by atoms with E-state index in [9.17, 15) is 9.13 Å². The minimum Gasteiger partial charge on any atom is -0.329 e. The smallest absolute Gasteiger partial charge is 0.326 e. The molecule has 0 saturated heterocycles. The van der Waals surface area contributed by atoms with Crippen LogP contribution in [0.15, 0.2) is 0 Å². The van der Waals surface area contributed by atoms with Gasteiger partial charge in [0.05, 0.1) is 12.3 Å². The lowest BCUT2D eigenvalue weighted by molar-refractivity contribution is 0.360. The van der Waals surface area contributed by atoms with Gasteiger partial charge in [0.25, 0.3) is 0 Å². The third kappa shape index (κ3) is 22.8. The lowest BCUT2D eigenvalue weighted by Gasteiger charge is -2.03. The fourth-order valence-electron chi connectivity index (χ4n) is 0.261. The van der Waals surface area contributed by atoms with E-state index >= 15 is 0 Å². The summed E-state index contributed by atoms with van der Waals surface area (Å²) in [5.74, 6) is 0. The van der Waals surface area contributed by atoms with Gasteiger partial charge in [-0.1, -0.05) is 0 Å².